The van der Waals surface area contributed by atoms with Gasteiger partial charge >= 0.3 is 0 Å². The van der Waals surface area contributed by atoms with Crippen LogP contribution in [-0.2, 0) is 11.3 Å². The van der Waals surface area contributed by atoms with Crippen LogP contribution in [0.4, 0.5) is 8.78 Å². The van der Waals surface area contributed by atoms with Crippen LogP contribution in [0.25, 0.3) is 0 Å². The van der Waals surface area contributed by atoms with Crippen molar-refractivity contribution in [2.75, 3.05) is 13.7 Å². The van der Waals surface area contributed by atoms with E-state index in [0.29, 0.717) is 0 Å². The summed E-state index contributed by atoms with van der Waals surface area (Å²) >= 11 is 0. The summed E-state index contributed by atoms with van der Waals surface area (Å²) < 4.78 is 36.7. The highest BCUT2D eigenvalue weighted by atomic mass is 19.3. The third-order valence-electron chi connectivity index (χ3n) is 3.26. The summed E-state index contributed by atoms with van der Waals surface area (Å²) in [6, 6.07) is 7.18. The van der Waals surface area contributed by atoms with Gasteiger partial charge in [-0.2, -0.15) is 0 Å². The molecule has 0 aliphatic heterocycles. The van der Waals surface area contributed by atoms with E-state index < -0.39 is 23.6 Å². The Hall–Kier alpha value is -1.69. The maximum Gasteiger partial charge on any atom is 0.264 e. The first-order valence-electron chi connectivity index (χ1n) is 5.89. The Labute approximate surface area is 110 Å². The summed E-state index contributed by atoms with van der Waals surface area (Å²) in [6.45, 7) is 0.157. The fourth-order valence-electron chi connectivity index (χ4n) is 2.05. The van der Waals surface area contributed by atoms with E-state index in [9.17, 15) is 8.78 Å². The predicted octanol–water partition coefficient (Wildman–Crippen LogP) is 2.03. The van der Waals surface area contributed by atoms with Crippen molar-refractivity contribution in [1.82, 2.24) is 0 Å². The number of rotatable bonds is 6. The zero-order chi connectivity index (χ0) is 14.0. The summed E-state index contributed by atoms with van der Waals surface area (Å²) in [5.74, 6) is -4.77. The molecule has 6 heteroatoms. The number of benzene rings is 1. The van der Waals surface area contributed by atoms with Crippen LogP contribution in [0.2, 0.25) is 0 Å². The van der Waals surface area contributed by atoms with Crippen LogP contribution in [-0.4, -0.2) is 25.5 Å². The molecule has 1 aromatic carbocycles. The molecule has 0 aromatic heterocycles. The Morgan fingerprint density at radius 2 is 2.00 bits per heavy atom. The van der Waals surface area contributed by atoms with Gasteiger partial charge in [0.1, 0.15) is 11.6 Å². The minimum absolute atomic E-state index is 0.0940. The van der Waals surface area contributed by atoms with Crippen LogP contribution in [0.15, 0.2) is 24.3 Å². The molecule has 1 aliphatic carbocycles. The Kier molecular flexibility index (Phi) is 3.71. The third-order valence-corrected chi connectivity index (χ3v) is 3.26. The van der Waals surface area contributed by atoms with Gasteiger partial charge in [0, 0.05) is 0 Å². The van der Waals surface area contributed by atoms with Gasteiger partial charge < -0.3 is 15.2 Å². The molecule has 0 bridgehead atoms. The van der Waals surface area contributed by atoms with Gasteiger partial charge in [-0.1, -0.05) is 12.1 Å². The molecule has 1 fully saturated rings. The molecular weight excluding hydrogens is 254 g/mol. The van der Waals surface area contributed by atoms with Gasteiger partial charge in [0.2, 0.25) is 0 Å². The number of amidine groups is 1. The number of alkyl halides is 2. The molecule has 2 rings (SSSR count). The Bertz CT molecular complexity index is 462. The van der Waals surface area contributed by atoms with Crippen LogP contribution in [0.3, 0.4) is 0 Å². The molecule has 4 nitrogen and oxygen atoms in total. The van der Waals surface area contributed by atoms with Crippen molar-refractivity contribution in [3.63, 3.8) is 0 Å². The van der Waals surface area contributed by atoms with Crippen molar-refractivity contribution in [1.29, 1.82) is 5.41 Å². The monoisotopic (exact) mass is 270 g/mol. The highest BCUT2D eigenvalue weighted by Gasteiger charge is 2.69. The van der Waals surface area contributed by atoms with Crippen molar-refractivity contribution in [2.45, 2.75) is 12.5 Å². The highest BCUT2D eigenvalue weighted by Crippen LogP contribution is 2.55. The fraction of sp³-hybridized carbons (Fsp3) is 0.462. The van der Waals surface area contributed by atoms with E-state index in [1.54, 1.807) is 19.2 Å². The fourth-order valence-corrected chi connectivity index (χ4v) is 2.05. The number of hydrogen-bond acceptors (Lipinski definition) is 3. The van der Waals surface area contributed by atoms with Crippen molar-refractivity contribution in [3.8, 4) is 5.75 Å². The topological polar surface area (TPSA) is 68.3 Å². The molecule has 0 radical (unpaired) electrons. The summed E-state index contributed by atoms with van der Waals surface area (Å²) in [5, 5.41) is 7.07. The standard InChI is InChI=1S/C13H16F2N2O2/c1-18-9-4-2-8(3-5-9)6-19-7-10-11(12(16)17)13(10,14)15/h2-5,10-11H,6-7H2,1H3,(H3,16,17)/t10-,11+/m1/s1. The number of ether oxygens (including phenoxy) is 2. The van der Waals surface area contributed by atoms with E-state index in [0.717, 1.165) is 11.3 Å². The van der Waals surface area contributed by atoms with Gasteiger partial charge in [0.15, 0.2) is 0 Å². The maximum absolute atomic E-state index is 13.2. The van der Waals surface area contributed by atoms with Crippen molar-refractivity contribution in [3.05, 3.63) is 29.8 Å². The molecule has 0 saturated heterocycles. The molecule has 3 N–H and O–H groups in total. The number of methoxy groups -OCH3 is 1. The lowest BCUT2D eigenvalue weighted by atomic mass is 10.2. The van der Waals surface area contributed by atoms with E-state index in [1.807, 2.05) is 12.1 Å². The molecule has 104 valence electrons. The van der Waals surface area contributed by atoms with E-state index >= 15 is 0 Å². The quantitative estimate of drug-likeness (QED) is 0.614. The van der Waals surface area contributed by atoms with Crippen LogP contribution in [0, 0.1) is 17.2 Å². The normalized spacial score (nSPS) is 23.9. The maximum atomic E-state index is 13.2. The Morgan fingerprint density at radius 1 is 1.37 bits per heavy atom. The average molecular weight is 270 g/mol. The largest absolute Gasteiger partial charge is 0.497 e. The second-order valence-electron chi connectivity index (χ2n) is 4.58. The Morgan fingerprint density at radius 3 is 2.47 bits per heavy atom. The molecule has 1 aliphatic rings. The van der Waals surface area contributed by atoms with Gasteiger partial charge in [-0.25, -0.2) is 8.78 Å². The zero-order valence-corrected chi connectivity index (χ0v) is 10.5. The number of nitrogens with two attached hydrogens (primary N) is 1. The average Bonchev–Trinajstić information content (AvgIpc) is 2.92. The first kappa shape index (κ1) is 13.7. The third kappa shape index (κ3) is 2.84. The molecule has 1 saturated carbocycles. The number of hydrogen-bond donors (Lipinski definition) is 2. The second kappa shape index (κ2) is 5.13. The van der Waals surface area contributed by atoms with Gasteiger partial charge in [-0.15, -0.1) is 0 Å². The number of nitrogens with one attached hydrogen (secondary N) is 1. The first-order chi connectivity index (χ1) is 8.96. The molecule has 1 aromatic rings. The van der Waals surface area contributed by atoms with Gasteiger partial charge in [-0.05, 0) is 17.7 Å². The SMILES string of the molecule is COc1ccc(COC[C@@H]2[C@@H](C(=N)N)C2(F)F)cc1. The molecule has 0 unspecified atom stereocenters. The summed E-state index contributed by atoms with van der Waals surface area (Å²) in [5.41, 5.74) is 5.99. The van der Waals surface area contributed by atoms with E-state index in [2.05, 4.69) is 0 Å². The summed E-state index contributed by atoms with van der Waals surface area (Å²) in [6.07, 6.45) is 0. The Balaban J connectivity index is 1.79. The first-order valence-corrected chi connectivity index (χ1v) is 5.89. The lowest BCUT2D eigenvalue weighted by Crippen LogP contribution is -2.16. The molecular formula is C13H16F2N2O2. The smallest absolute Gasteiger partial charge is 0.264 e. The van der Waals surface area contributed by atoms with Crippen LogP contribution in [0.1, 0.15) is 5.56 Å². The zero-order valence-electron chi connectivity index (χ0n) is 10.5. The molecule has 19 heavy (non-hydrogen) atoms. The van der Waals surface area contributed by atoms with Crippen molar-refractivity contribution in [2.24, 2.45) is 17.6 Å². The second-order valence-corrected chi connectivity index (χ2v) is 4.58. The van der Waals surface area contributed by atoms with Crippen LogP contribution in [0.5, 0.6) is 5.75 Å². The molecule has 0 amide bonds. The van der Waals surface area contributed by atoms with Crippen LogP contribution < -0.4 is 10.5 Å². The van der Waals surface area contributed by atoms with Crippen molar-refractivity contribution < 1.29 is 18.3 Å². The molecule has 0 spiro atoms. The van der Waals surface area contributed by atoms with Gasteiger partial charge in [-0.3, -0.25) is 5.41 Å². The van der Waals surface area contributed by atoms with Gasteiger partial charge in [0.25, 0.3) is 5.92 Å². The highest BCUT2D eigenvalue weighted by molar-refractivity contribution is 5.84. The van der Waals surface area contributed by atoms with E-state index in [-0.39, 0.29) is 13.2 Å². The summed E-state index contributed by atoms with van der Waals surface area (Å²) in [4.78, 5) is 0. The predicted molar refractivity (Wildman–Crippen MR) is 66.5 cm³/mol. The molecule has 2 atom stereocenters. The minimum atomic E-state index is -2.90. The summed E-state index contributed by atoms with van der Waals surface area (Å²) in [7, 11) is 1.57. The van der Waals surface area contributed by atoms with Gasteiger partial charge in [0.05, 0.1) is 32.2 Å². The van der Waals surface area contributed by atoms with E-state index in [4.69, 9.17) is 20.6 Å². The number of halogens is 2. The van der Waals surface area contributed by atoms with E-state index in [1.165, 1.54) is 0 Å². The lowest BCUT2D eigenvalue weighted by Gasteiger charge is -2.05. The lowest BCUT2D eigenvalue weighted by molar-refractivity contribution is 0.0477. The minimum Gasteiger partial charge on any atom is -0.497 e. The van der Waals surface area contributed by atoms with Crippen molar-refractivity contribution >= 4 is 5.84 Å². The molecule has 0 heterocycles. The van der Waals surface area contributed by atoms with Crippen LogP contribution >= 0.6 is 0 Å².